The molecule has 1 aliphatic heterocycles. The van der Waals surface area contributed by atoms with Gasteiger partial charge in [-0.15, -0.1) is 0 Å². The molecule has 0 spiro atoms. The monoisotopic (exact) mass is 212 g/mol. The van der Waals surface area contributed by atoms with E-state index in [1.54, 1.807) is 6.26 Å². The number of benzene rings is 1. The van der Waals surface area contributed by atoms with Gasteiger partial charge in [-0.3, -0.25) is 0 Å². The summed E-state index contributed by atoms with van der Waals surface area (Å²) in [5.74, 6) is 1.80. The molecule has 3 rings (SSSR count). The highest BCUT2D eigenvalue weighted by molar-refractivity contribution is 5.63. The van der Waals surface area contributed by atoms with Crippen LogP contribution in [0.2, 0.25) is 0 Å². The first-order valence-corrected chi connectivity index (χ1v) is 5.97. The van der Waals surface area contributed by atoms with E-state index in [9.17, 15) is 0 Å². The van der Waals surface area contributed by atoms with Crippen LogP contribution in [0.5, 0.6) is 0 Å². The van der Waals surface area contributed by atoms with E-state index in [2.05, 4.69) is 31.2 Å². The lowest BCUT2D eigenvalue weighted by Gasteiger charge is -2.11. The Morgan fingerprint density at radius 3 is 2.88 bits per heavy atom. The fraction of sp³-hybridized carbons (Fsp3) is 0.333. The molecule has 0 N–H and O–H groups in total. The van der Waals surface area contributed by atoms with E-state index in [-0.39, 0.29) is 0 Å². The molecule has 1 aliphatic carbocycles. The summed E-state index contributed by atoms with van der Waals surface area (Å²) in [5, 5.41) is 0. The van der Waals surface area contributed by atoms with Gasteiger partial charge in [0.2, 0.25) is 0 Å². The minimum atomic E-state index is 0.798. The third-order valence-corrected chi connectivity index (χ3v) is 3.36. The first-order valence-electron chi connectivity index (χ1n) is 5.97. The maximum absolute atomic E-state index is 5.53. The first kappa shape index (κ1) is 9.71. The lowest BCUT2D eigenvalue weighted by atomic mass is 10.0. The molecule has 0 radical (unpaired) electrons. The van der Waals surface area contributed by atoms with Crippen LogP contribution < -0.4 is 0 Å². The molecular formula is C15H16O. The Kier molecular flexibility index (Phi) is 2.32. The molecule has 0 amide bonds. The Hall–Kier alpha value is -1.50. The molecule has 1 atom stereocenters. The van der Waals surface area contributed by atoms with Crippen molar-refractivity contribution in [2.45, 2.75) is 26.2 Å². The Bertz CT molecular complexity index is 468. The standard InChI is InChI=1S/C15H16O/c1-11-8-12-5-6-13(10-14(12)9-11)15-4-2-3-7-16-15/h3-7,10-11H,2,8-9H2,1H3/t11-/m0/s1. The van der Waals surface area contributed by atoms with Crippen molar-refractivity contribution in [3.63, 3.8) is 0 Å². The number of rotatable bonds is 1. The van der Waals surface area contributed by atoms with E-state index in [0.717, 1.165) is 18.1 Å². The Labute approximate surface area is 96.4 Å². The fourth-order valence-electron chi connectivity index (χ4n) is 2.58. The van der Waals surface area contributed by atoms with Gasteiger partial charge in [0.05, 0.1) is 6.26 Å². The van der Waals surface area contributed by atoms with Crippen molar-refractivity contribution in [3.8, 4) is 0 Å². The van der Waals surface area contributed by atoms with E-state index < -0.39 is 0 Å². The van der Waals surface area contributed by atoms with Crippen LogP contribution in [0, 0.1) is 5.92 Å². The fourth-order valence-corrected chi connectivity index (χ4v) is 2.58. The van der Waals surface area contributed by atoms with Crippen molar-refractivity contribution < 1.29 is 4.74 Å². The van der Waals surface area contributed by atoms with E-state index in [1.165, 1.54) is 29.5 Å². The SMILES string of the molecule is C[C@H]1Cc2ccc(C3=CCC=CO3)cc2C1. The molecule has 0 aromatic heterocycles. The normalized spacial score (nSPS) is 22.6. The van der Waals surface area contributed by atoms with Crippen LogP contribution >= 0.6 is 0 Å². The summed E-state index contributed by atoms with van der Waals surface area (Å²) in [6.07, 6.45) is 9.37. The maximum atomic E-state index is 5.53. The van der Waals surface area contributed by atoms with Crippen LogP contribution in [0.1, 0.15) is 30.0 Å². The maximum Gasteiger partial charge on any atom is 0.130 e. The summed E-state index contributed by atoms with van der Waals surface area (Å²) in [7, 11) is 0. The molecule has 1 aromatic rings. The van der Waals surface area contributed by atoms with E-state index in [4.69, 9.17) is 4.74 Å². The van der Waals surface area contributed by atoms with Gasteiger partial charge in [0.15, 0.2) is 0 Å². The number of hydrogen-bond donors (Lipinski definition) is 0. The van der Waals surface area contributed by atoms with Crippen LogP contribution in [-0.2, 0) is 17.6 Å². The van der Waals surface area contributed by atoms with Crippen molar-refractivity contribution in [2.24, 2.45) is 5.92 Å². The van der Waals surface area contributed by atoms with Crippen molar-refractivity contribution in [2.75, 3.05) is 0 Å². The average molecular weight is 212 g/mol. The van der Waals surface area contributed by atoms with Crippen LogP contribution in [0.4, 0.5) is 0 Å². The quantitative estimate of drug-likeness (QED) is 0.689. The third kappa shape index (κ3) is 1.67. The molecule has 0 saturated heterocycles. The molecule has 1 heterocycles. The molecule has 1 nitrogen and oxygen atoms in total. The highest BCUT2D eigenvalue weighted by Crippen LogP contribution is 2.30. The molecule has 0 bridgehead atoms. The summed E-state index contributed by atoms with van der Waals surface area (Å²) in [5.41, 5.74) is 4.24. The van der Waals surface area contributed by atoms with Gasteiger partial charge in [0.25, 0.3) is 0 Å². The smallest absolute Gasteiger partial charge is 0.130 e. The highest BCUT2D eigenvalue weighted by atomic mass is 16.5. The van der Waals surface area contributed by atoms with E-state index >= 15 is 0 Å². The summed E-state index contributed by atoms with van der Waals surface area (Å²) in [6, 6.07) is 6.74. The summed E-state index contributed by atoms with van der Waals surface area (Å²) >= 11 is 0. The lowest BCUT2D eigenvalue weighted by Crippen LogP contribution is -1.92. The molecule has 16 heavy (non-hydrogen) atoms. The largest absolute Gasteiger partial charge is 0.465 e. The summed E-state index contributed by atoms with van der Waals surface area (Å²) in [6.45, 7) is 2.32. The zero-order chi connectivity index (χ0) is 11.0. The van der Waals surface area contributed by atoms with Crippen molar-refractivity contribution in [1.29, 1.82) is 0 Å². The minimum Gasteiger partial charge on any atom is -0.465 e. The molecular weight excluding hydrogens is 196 g/mol. The molecule has 0 saturated carbocycles. The highest BCUT2D eigenvalue weighted by Gasteiger charge is 2.18. The summed E-state index contributed by atoms with van der Waals surface area (Å²) in [4.78, 5) is 0. The van der Waals surface area contributed by atoms with Gasteiger partial charge >= 0.3 is 0 Å². The second-order valence-corrected chi connectivity index (χ2v) is 4.79. The molecule has 0 unspecified atom stereocenters. The van der Waals surface area contributed by atoms with E-state index in [0.29, 0.717) is 0 Å². The summed E-state index contributed by atoms with van der Waals surface area (Å²) < 4.78 is 5.53. The zero-order valence-electron chi connectivity index (χ0n) is 9.57. The van der Waals surface area contributed by atoms with Crippen LogP contribution in [0.15, 0.2) is 36.6 Å². The molecule has 2 aliphatic rings. The Morgan fingerprint density at radius 1 is 1.19 bits per heavy atom. The molecule has 0 fully saturated rings. The molecule has 1 aromatic carbocycles. The zero-order valence-corrected chi connectivity index (χ0v) is 9.57. The second kappa shape index (κ2) is 3.82. The van der Waals surface area contributed by atoms with E-state index in [1.807, 2.05) is 6.08 Å². The predicted molar refractivity (Wildman–Crippen MR) is 65.8 cm³/mol. The molecule has 1 heteroatoms. The van der Waals surface area contributed by atoms with Gasteiger partial charge < -0.3 is 4.74 Å². The van der Waals surface area contributed by atoms with Crippen molar-refractivity contribution in [1.82, 2.24) is 0 Å². The number of fused-ring (bicyclic) bond motifs is 1. The Morgan fingerprint density at radius 2 is 2.06 bits per heavy atom. The number of allylic oxidation sites excluding steroid dienone is 2. The Balaban J connectivity index is 1.93. The minimum absolute atomic E-state index is 0.798. The van der Waals surface area contributed by atoms with Gasteiger partial charge in [-0.2, -0.15) is 0 Å². The van der Waals surface area contributed by atoms with Crippen LogP contribution in [-0.4, -0.2) is 0 Å². The van der Waals surface area contributed by atoms with Crippen LogP contribution in [0.25, 0.3) is 5.76 Å². The molecule has 82 valence electrons. The van der Waals surface area contributed by atoms with Gasteiger partial charge in [-0.05, 0) is 54.5 Å². The second-order valence-electron chi connectivity index (χ2n) is 4.79. The average Bonchev–Trinajstić information content (AvgIpc) is 2.69. The van der Waals surface area contributed by atoms with Crippen molar-refractivity contribution >= 4 is 5.76 Å². The van der Waals surface area contributed by atoms with Crippen molar-refractivity contribution in [3.05, 3.63) is 53.3 Å². The number of ether oxygens (including phenoxy) is 1. The number of hydrogen-bond acceptors (Lipinski definition) is 1. The van der Waals surface area contributed by atoms with Gasteiger partial charge in [-0.25, -0.2) is 0 Å². The topological polar surface area (TPSA) is 9.23 Å². The lowest BCUT2D eigenvalue weighted by molar-refractivity contribution is 0.427. The first-order chi connectivity index (χ1) is 7.83. The van der Waals surface area contributed by atoms with Gasteiger partial charge in [0, 0.05) is 5.56 Å². The van der Waals surface area contributed by atoms with Gasteiger partial charge in [-0.1, -0.05) is 19.1 Å². The predicted octanol–water partition coefficient (Wildman–Crippen LogP) is 3.70. The third-order valence-electron chi connectivity index (χ3n) is 3.36. The van der Waals surface area contributed by atoms with Gasteiger partial charge in [0.1, 0.15) is 5.76 Å². The van der Waals surface area contributed by atoms with Crippen LogP contribution in [0.3, 0.4) is 0 Å².